The minimum Gasteiger partial charge on any atom is -0.364 e. The number of aromatic nitrogens is 1. The van der Waals surface area contributed by atoms with Crippen LogP contribution in [0.25, 0.3) is 0 Å². The van der Waals surface area contributed by atoms with Crippen molar-refractivity contribution in [2.45, 2.75) is 46.1 Å². The third-order valence-electron chi connectivity index (χ3n) is 2.77. The first-order valence-electron chi connectivity index (χ1n) is 5.96. The van der Waals surface area contributed by atoms with E-state index in [2.05, 4.69) is 24.3 Å². The van der Waals surface area contributed by atoms with Gasteiger partial charge in [0, 0.05) is 12.6 Å². The Morgan fingerprint density at radius 1 is 1.47 bits per heavy atom. The molecule has 0 aromatic carbocycles. The van der Waals surface area contributed by atoms with Gasteiger partial charge in [-0.2, -0.15) is 0 Å². The molecule has 1 N–H and O–H groups in total. The van der Waals surface area contributed by atoms with Gasteiger partial charge in [0.05, 0.1) is 5.69 Å². The number of rotatable bonds is 8. The largest absolute Gasteiger partial charge is 0.364 e. The van der Waals surface area contributed by atoms with Crippen LogP contribution in [-0.4, -0.2) is 11.7 Å². The number of nitrogens with zero attached hydrogens (tertiary/aromatic N) is 1. The van der Waals surface area contributed by atoms with E-state index in [1.807, 2.05) is 6.07 Å². The van der Waals surface area contributed by atoms with Crippen molar-refractivity contribution in [3.05, 3.63) is 18.0 Å². The Morgan fingerprint density at radius 3 is 2.93 bits per heavy atom. The molecule has 1 rings (SSSR count). The summed E-state index contributed by atoms with van der Waals surface area (Å²) in [4.78, 5) is 0. The zero-order chi connectivity index (χ0) is 10.9. The van der Waals surface area contributed by atoms with Crippen molar-refractivity contribution in [2.75, 3.05) is 6.54 Å². The van der Waals surface area contributed by atoms with E-state index < -0.39 is 0 Å². The highest BCUT2D eigenvalue weighted by Crippen LogP contribution is 2.11. The minimum absolute atomic E-state index is 0.803. The molecule has 86 valence electrons. The van der Waals surface area contributed by atoms with Crippen molar-refractivity contribution in [3.63, 3.8) is 0 Å². The van der Waals surface area contributed by atoms with Crippen LogP contribution in [0.2, 0.25) is 0 Å². The van der Waals surface area contributed by atoms with Crippen LogP contribution < -0.4 is 5.32 Å². The van der Waals surface area contributed by atoms with Gasteiger partial charge in [-0.05, 0) is 18.9 Å². The molecule has 1 aromatic rings. The van der Waals surface area contributed by atoms with Crippen molar-refractivity contribution < 1.29 is 4.52 Å². The third kappa shape index (κ3) is 4.98. The van der Waals surface area contributed by atoms with E-state index in [-0.39, 0.29) is 0 Å². The molecule has 0 aliphatic carbocycles. The van der Waals surface area contributed by atoms with Gasteiger partial charge < -0.3 is 9.84 Å². The molecule has 1 unspecified atom stereocenters. The van der Waals surface area contributed by atoms with Gasteiger partial charge in [-0.1, -0.05) is 38.3 Å². The van der Waals surface area contributed by atoms with Crippen LogP contribution in [0, 0.1) is 5.92 Å². The lowest BCUT2D eigenvalue weighted by atomic mass is 9.99. The second-order valence-corrected chi connectivity index (χ2v) is 4.04. The molecule has 0 amide bonds. The molecule has 0 radical (unpaired) electrons. The first-order chi connectivity index (χ1) is 7.36. The van der Waals surface area contributed by atoms with Gasteiger partial charge >= 0.3 is 0 Å². The van der Waals surface area contributed by atoms with Crippen LogP contribution in [0.15, 0.2) is 16.9 Å². The van der Waals surface area contributed by atoms with E-state index >= 15 is 0 Å². The van der Waals surface area contributed by atoms with E-state index in [0.717, 1.165) is 24.7 Å². The molecular formula is C12H22N2O. The SMILES string of the molecule is CCCCC(CC)CNCc1ccon1. The predicted octanol–water partition coefficient (Wildman–Crippen LogP) is 2.98. The molecule has 1 aromatic heterocycles. The van der Waals surface area contributed by atoms with Gasteiger partial charge in [0.2, 0.25) is 0 Å². The fourth-order valence-corrected chi connectivity index (χ4v) is 1.68. The van der Waals surface area contributed by atoms with Gasteiger partial charge in [-0.25, -0.2) is 0 Å². The van der Waals surface area contributed by atoms with E-state index in [9.17, 15) is 0 Å². The summed E-state index contributed by atoms with van der Waals surface area (Å²) in [5.41, 5.74) is 0.986. The average Bonchev–Trinajstić information content (AvgIpc) is 2.76. The zero-order valence-corrected chi connectivity index (χ0v) is 9.83. The molecule has 3 nitrogen and oxygen atoms in total. The maximum atomic E-state index is 4.77. The van der Waals surface area contributed by atoms with E-state index in [1.54, 1.807) is 6.26 Å². The van der Waals surface area contributed by atoms with Gasteiger partial charge in [0.1, 0.15) is 6.26 Å². The number of hydrogen-bond donors (Lipinski definition) is 1. The Hall–Kier alpha value is -0.830. The first kappa shape index (κ1) is 12.2. The number of unbranched alkanes of at least 4 members (excludes halogenated alkanes) is 1. The highest BCUT2D eigenvalue weighted by molar-refractivity contribution is 4.94. The third-order valence-corrected chi connectivity index (χ3v) is 2.77. The second kappa shape index (κ2) is 7.46. The molecule has 1 atom stereocenters. The van der Waals surface area contributed by atoms with Crippen LogP contribution >= 0.6 is 0 Å². The maximum absolute atomic E-state index is 4.77. The number of hydrogen-bond acceptors (Lipinski definition) is 3. The summed E-state index contributed by atoms with van der Waals surface area (Å²) >= 11 is 0. The standard InChI is InChI=1S/C12H22N2O/c1-3-5-6-11(4-2)9-13-10-12-7-8-15-14-12/h7-8,11,13H,3-6,9-10H2,1-2H3. The monoisotopic (exact) mass is 210 g/mol. The quantitative estimate of drug-likeness (QED) is 0.717. The maximum Gasteiger partial charge on any atom is 0.124 e. The summed E-state index contributed by atoms with van der Waals surface area (Å²) in [6, 6.07) is 1.90. The van der Waals surface area contributed by atoms with Crippen LogP contribution in [0.4, 0.5) is 0 Å². The Bertz CT molecular complexity index is 234. The summed E-state index contributed by atoms with van der Waals surface area (Å²) < 4.78 is 4.77. The smallest absolute Gasteiger partial charge is 0.124 e. The lowest BCUT2D eigenvalue weighted by Crippen LogP contribution is -2.22. The molecule has 0 saturated carbocycles. The molecule has 1 heterocycles. The van der Waals surface area contributed by atoms with Crippen LogP contribution in [0.5, 0.6) is 0 Å². The average molecular weight is 210 g/mol. The first-order valence-corrected chi connectivity index (χ1v) is 5.96. The Morgan fingerprint density at radius 2 is 2.33 bits per heavy atom. The van der Waals surface area contributed by atoms with Crippen molar-refractivity contribution in [2.24, 2.45) is 5.92 Å². The topological polar surface area (TPSA) is 38.1 Å². The molecule has 0 fully saturated rings. The van der Waals surface area contributed by atoms with Crippen molar-refractivity contribution in [1.29, 1.82) is 0 Å². The fraction of sp³-hybridized carbons (Fsp3) is 0.750. The molecule has 3 heteroatoms. The molecule has 0 aliphatic rings. The Kier molecular flexibility index (Phi) is 6.09. The minimum atomic E-state index is 0.803. The van der Waals surface area contributed by atoms with E-state index in [1.165, 1.54) is 25.7 Å². The van der Waals surface area contributed by atoms with Gasteiger partial charge in [0.15, 0.2) is 0 Å². The highest BCUT2D eigenvalue weighted by atomic mass is 16.5. The van der Waals surface area contributed by atoms with Crippen molar-refractivity contribution in [3.8, 4) is 0 Å². The fourth-order valence-electron chi connectivity index (χ4n) is 1.68. The predicted molar refractivity (Wildman–Crippen MR) is 61.5 cm³/mol. The summed E-state index contributed by atoms with van der Waals surface area (Å²) in [6.07, 6.45) is 6.83. The Balaban J connectivity index is 2.11. The lowest BCUT2D eigenvalue weighted by molar-refractivity contribution is 0.395. The normalized spacial score (nSPS) is 12.9. The summed E-state index contributed by atoms with van der Waals surface area (Å²) in [7, 11) is 0. The van der Waals surface area contributed by atoms with Crippen LogP contribution in [0.3, 0.4) is 0 Å². The van der Waals surface area contributed by atoms with Gasteiger partial charge in [0.25, 0.3) is 0 Å². The summed E-state index contributed by atoms with van der Waals surface area (Å²) in [5.74, 6) is 0.803. The van der Waals surface area contributed by atoms with Gasteiger partial charge in [-0.3, -0.25) is 0 Å². The number of nitrogens with one attached hydrogen (secondary N) is 1. The summed E-state index contributed by atoms with van der Waals surface area (Å²) in [5, 5.41) is 7.29. The zero-order valence-electron chi connectivity index (χ0n) is 9.83. The molecular weight excluding hydrogens is 188 g/mol. The summed E-state index contributed by atoms with van der Waals surface area (Å²) in [6.45, 7) is 6.41. The molecule has 0 saturated heterocycles. The van der Waals surface area contributed by atoms with Crippen LogP contribution in [-0.2, 0) is 6.54 Å². The van der Waals surface area contributed by atoms with Crippen molar-refractivity contribution >= 4 is 0 Å². The van der Waals surface area contributed by atoms with E-state index in [4.69, 9.17) is 4.52 Å². The van der Waals surface area contributed by atoms with Crippen LogP contribution in [0.1, 0.15) is 45.2 Å². The molecule has 0 spiro atoms. The lowest BCUT2D eigenvalue weighted by Gasteiger charge is -2.14. The Labute approximate surface area is 92.2 Å². The highest BCUT2D eigenvalue weighted by Gasteiger charge is 2.05. The molecule has 0 bridgehead atoms. The molecule has 0 aliphatic heterocycles. The van der Waals surface area contributed by atoms with Gasteiger partial charge in [-0.15, -0.1) is 0 Å². The van der Waals surface area contributed by atoms with E-state index in [0.29, 0.717) is 0 Å². The van der Waals surface area contributed by atoms with Crippen molar-refractivity contribution in [1.82, 2.24) is 10.5 Å². The molecule has 15 heavy (non-hydrogen) atoms. The second-order valence-electron chi connectivity index (χ2n) is 4.04.